The number of nitrogen functional groups attached to an aromatic ring is 1. The molecule has 4 nitrogen and oxygen atoms in total. The first-order valence-electron chi connectivity index (χ1n) is 3.74. The molecule has 0 aliphatic carbocycles. The van der Waals surface area contributed by atoms with E-state index in [1.54, 1.807) is 0 Å². The maximum Gasteiger partial charge on any atom is 0.145 e. The van der Waals surface area contributed by atoms with Crippen LogP contribution in [-0.4, -0.2) is 16.8 Å². The van der Waals surface area contributed by atoms with Crippen molar-refractivity contribution in [2.24, 2.45) is 0 Å². The number of hydrogen-bond donors (Lipinski definition) is 2. The average molecular weight is 154 g/mol. The number of hydrogen-bond acceptors (Lipinski definition) is 3. The highest BCUT2D eigenvalue weighted by molar-refractivity contribution is 5.29. The van der Waals surface area contributed by atoms with E-state index in [0.717, 1.165) is 18.8 Å². The van der Waals surface area contributed by atoms with Gasteiger partial charge in [0.2, 0.25) is 0 Å². The number of aryl methyl sites for hydroxylation is 1. The minimum absolute atomic E-state index is 0.595. The Balaban J connectivity index is 2.83. The topological polar surface area (TPSA) is 55.9 Å². The number of anilines is 1. The van der Waals surface area contributed by atoms with Gasteiger partial charge in [0, 0.05) is 19.2 Å². The van der Waals surface area contributed by atoms with E-state index in [4.69, 9.17) is 5.73 Å². The van der Waals surface area contributed by atoms with Crippen LogP contribution in [0.3, 0.4) is 0 Å². The lowest BCUT2D eigenvalue weighted by molar-refractivity contribution is 0.605. The van der Waals surface area contributed by atoms with E-state index < -0.39 is 0 Å². The van der Waals surface area contributed by atoms with Crippen LogP contribution < -0.4 is 11.1 Å². The molecule has 1 heterocycles. The van der Waals surface area contributed by atoms with Gasteiger partial charge < -0.3 is 11.1 Å². The first kappa shape index (κ1) is 8.07. The van der Waals surface area contributed by atoms with Crippen molar-refractivity contribution in [1.29, 1.82) is 0 Å². The van der Waals surface area contributed by atoms with E-state index in [-0.39, 0.29) is 0 Å². The summed E-state index contributed by atoms with van der Waals surface area (Å²) >= 11 is 0. The van der Waals surface area contributed by atoms with Gasteiger partial charge in [0.15, 0.2) is 0 Å². The minimum Gasteiger partial charge on any atom is -0.382 e. The van der Waals surface area contributed by atoms with Crippen molar-refractivity contribution in [1.82, 2.24) is 15.1 Å². The van der Waals surface area contributed by atoms with Gasteiger partial charge in [0.1, 0.15) is 5.82 Å². The van der Waals surface area contributed by atoms with Crippen LogP contribution in [-0.2, 0) is 13.1 Å². The smallest absolute Gasteiger partial charge is 0.145 e. The van der Waals surface area contributed by atoms with E-state index in [0.29, 0.717) is 5.82 Å². The van der Waals surface area contributed by atoms with Crippen molar-refractivity contribution in [3.05, 3.63) is 11.8 Å². The van der Waals surface area contributed by atoms with Crippen molar-refractivity contribution in [2.45, 2.75) is 20.0 Å². The van der Waals surface area contributed by atoms with Crippen LogP contribution in [0.15, 0.2) is 6.07 Å². The summed E-state index contributed by atoms with van der Waals surface area (Å²) in [5, 5.41) is 7.16. The van der Waals surface area contributed by atoms with E-state index in [1.165, 1.54) is 0 Å². The second-order valence-electron chi connectivity index (χ2n) is 2.41. The molecule has 0 fully saturated rings. The van der Waals surface area contributed by atoms with Crippen LogP contribution in [0.5, 0.6) is 0 Å². The fourth-order valence-corrected chi connectivity index (χ4v) is 1.07. The normalized spacial score (nSPS) is 10.4. The molecule has 0 unspecified atom stereocenters. The fraction of sp³-hybridized carbons (Fsp3) is 0.571. The molecule has 1 rings (SSSR count). The number of rotatable bonds is 3. The standard InChI is InChI=1S/C7H14N4/c1-3-11-6(5-9-2)4-7(8)10-11/h4,9H,3,5H2,1-2H3,(H2,8,10). The van der Waals surface area contributed by atoms with Crippen LogP contribution in [0.4, 0.5) is 5.82 Å². The first-order chi connectivity index (χ1) is 5.27. The molecular formula is C7H14N4. The Morgan fingerprint density at radius 2 is 2.45 bits per heavy atom. The van der Waals surface area contributed by atoms with Crippen LogP contribution in [0.25, 0.3) is 0 Å². The molecule has 0 aliphatic rings. The van der Waals surface area contributed by atoms with Gasteiger partial charge in [-0.25, -0.2) is 0 Å². The molecule has 0 aliphatic heterocycles. The molecule has 0 bridgehead atoms. The summed E-state index contributed by atoms with van der Waals surface area (Å²) in [6.07, 6.45) is 0. The highest BCUT2D eigenvalue weighted by atomic mass is 15.3. The summed E-state index contributed by atoms with van der Waals surface area (Å²) in [4.78, 5) is 0. The Labute approximate surface area is 66.4 Å². The van der Waals surface area contributed by atoms with E-state index in [2.05, 4.69) is 10.4 Å². The van der Waals surface area contributed by atoms with Crippen molar-refractivity contribution in [3.8, 4) is 0 Å². The number of nitrogens with two attached hydrogens (primary N) is 1. The zero-order chi connectivity index (χ0) is 8.27. The predicted molar refractivity (Wildman–Crippen MR) is 45.1 cm³/mol. The molecule has 11 heavy (non-hydrogen) atoms. The summed E-state index contributed by atoms with van der Waals surface area (Å²) in [5.74, 6) is 0.595. The van der Waals surface area contributed by atoms with Crippen LogP contribution >= 0.6 is 0 Å². The molecule has 0 spiro atoms. The second kappa shape index (κ2) is 3.39. The Morgan fingerprint density at radius 3 is 3.00 bits per heavy atom. The molecule has 4 heteroatoms. The molecule has 3 N–H and O–H groups in total. The summed E-state index contributed by atoms with van der Waals surface area (Å²) in [7, 11) is 1.91. The van der Waals surface area contributed by atoms with Gasteiger partial charge in [-0.15, -0.1) is 0 Å². The van der Waals surface area contributed by atoms with Crippen LogP contribution in [0.1, 0.15) is 12.6 Å². The Morgan fingerprint density at radius 1 is 1.73 bits per heavy atom. The van der Waals surface area contributed by atoms with Gasteiger partial charge in [0.05, 0.1) is 5.69 Å². The van der Waals surface area contributed by atoms with Crippen molar-refractivity contribution < 1.29 is 0 Å². The summed E-state index contributed by atoms with van der Waals surface area (Å²) in [5.41, 5.74) is 6.66. The Bertz CT molecular complexity index is 228. The maximum atomic E-state index is 5.53. The molecular weight excluding hydrogens is 140 g/mol. The molecule has 0 amide bonds. The maximum absolute atomic E-state index is 5.53. The lowest BCUT2D eigenvalue weighted by atomic mass is 10.4. The number of nitrogens with one attached hydrogen (secondary N) is 1. The average Bonchev–Trinajstić information content (AvgIpc) is 2.32. The molecule has 0 saturated heterocycles. The van der Waals surface area contributed by atoms with Gasteiger partial charge in [-0.1, -0.05) is 0 Å². The van der Waals surface area contributed by atoms with Gasteiger partial charge >= 0.3 is 0 Å². The minimum atomic E-state index is 0.595. The van der Waals surface area contributed by atoms with Gasteiger partial charge in [-0.05, 0) is 14.0 Å². The lowest BCUT2D eigenvalue weighted by Gasteiger charge is -2.01. The zero-order valence-electron chi connectivity index (χ0n) is 6.96. The molecule has 0 aromatic carbocycles. The first-order valence-corrected chi connectivity index (χ1v) is 3.74. The van der Waals surface area contributed by atoms with Crippen LogP contribution in [0.2, 0.25) is 0 Å². The monoisotopic (exact) mass is 154 g/mol. The Hall–Kier alpha value is -1.03. The van der Waals surface area contributed by atoms with E-state index in [9.17, 15) is 0 Å². The quantitative estimate of drug-likeness (QED) is 0.654. The van der Waals surface area contributed by atoms with Crippen molar-refractivity contribution in [2.75, 3.05) is 12.8 Å². The number of aromatic nitrogens is 2. The molecule has 0 atom stereocenters. The third-order valence-corrected chi connectivity index (χ3v) is 1.54. The lowest BCUT2D eigenvalue weighted by Crippen LogP contribution is -2.11. The molecule has 0 radical (unpaired) electrons. The molecule has 1 aromatic heterocycles. The summed E-state index contributed by atoms with van der Waals surface area (Å²) in [6.45, 7) is 3.73. The van der Waals surface area contributed by atoms with Gasteiger partial charge in [-0.2, -0.15) is 5.10 Å². The van der Waals surface area contributed by atoms with E-state index in [1.807, 2.05) is 24.7 Å². The third-order valence-electron chi connectivity index (χ3n) is 1.54. The largest absolute Gasteiger partial charge is 0.382 e. The van der Waals surface area contributed by atoms with E-state index >= 15 is 0 Å². The van der Waals surface area contributed by atoms with Gasteiger partial charge in [0.25, 0.3) is 0 Å². The summed E-state index contributed by atoms with van der Waals surface area (Å²) in [6, 6.07) is 1.89. The molecule has 0 saturated carbocycles. The van der Waals surface area contributed by atoms with Gasteiger partial charge in [-0.3, -0.25) is 4.68 Å². The third kappa shape index (κ3) is 1.71. The summed E-state index contributed by atoms with van der Waals surface area (Å²) < 4.78 is 1.89. The number of nitrogens with zero attached hydrogens (tertiary/aromatic N) is 2. The zero-order valence-corrected chi connectivity index (χ0v) is 6.96. The van der Waals surface area contributed by atoms with Crippen molar-refractivity contribution >= 4 is 5.82 Å². The Kier molecular flexibility index (Phi) is 2.48. The SMILES string of the molecule is CCn1nc(N)cc1CNC. The highest BCUT2D eigenvalue weighted by Crippen LogP contribution is 2.04. The predicted octanol–water partition coefficient (Wildman–Crippen LogP) is 0.205. The molecule has 62 valence electrons. The molecule has 1 aromatic rings. The van der Waals surface area contributed by atoms with Crippen LogP contribution in [0, 0.1) is 0 Å². The highest BCUT2D eigenvalue weighted by Gasteiger charge is 2.01. The van der Waals surface area contributed by atoms with Crippen molar-refractivity contribution in [3.63, 3.8) is 0 Å². The fourth-order valence-electron chi connectivity index (χ4n) is 1.07. The second-order valence-corrected chi connectivity index (χ2v) is 2.41.